The van der Waals surface area contributed by atoms with Crippen molar-refractivity contribution in [1.29, 1.82) is 0 Å². The first-order valence-corrected chi connectivity index (χ1v) is 4.31. The standard InChI is InChI=1S/C6H5O2PS/c7-9(8)5-1-3-6(10)4-2-5/h1-4H,(H-,7,8,10)/p+1. The van der Waals surface area contributed by atoms with Crippen molar-refractivity contribution in [3.05, 3.63) is 24.3 Å². The highest BCUT2D eigenvalue weighted by Crippen LogP contribution is 2.13. The molecule has 0 aliphatic rings. The number of hydrogen-bond acceptors (Lipinski definition) is 2. The second kappa shape index (κ2) is 3.15. The van der Waals surface area contributed by atoms with E-state index in [9.17, 15) is 4.57 Å². The van der Waals surface area contributed by atoms with E-state index in [1.54, 1.807) is 24.3 Å². The maximum absolute atomic E-state index is 10.4. The predicted octanol–water partition coefficient (Wildman–Crippen LogP) is 1.34. The lowest BCUT2D eigenvalue weighted by molar-refractivity contribution is 0.513. The highest BCUT2D eigenvalue weighted by Gasteiger charge is 2.13. The summed E-state index contributed by atoms with van der Waals surface area (Å²) in [5.41, 5.74) is 0. The van der Waals surface area contributed by atoms with Crippen LogP contribution >= 0.6 is 20.7 Å². The zero-order chi connectivity index (χ0) is 7.56. The van der Waals surface area contributed by atoms with Gasteiger partial charge in [-0.25, -0.2) is 0 Å². The summed E-state index contributed by atoms with van der Waals surface area (Å²) in [7, 11) is -2.19. The second-order valence-corrected chi connectivity index (χ2v) is 3.37. The maximum Gasteiger partial charge on any atom is 0.546 e. The molecule has 0 saturated carbocycles. The van der Waals surface area contributed by atoms with Gasteiger partial charge in [0.15, 0.2) is 0 Å². The lowest BCUT2D eigenvalue weighted by Gasteiger charge is -1.84. The topological polar surface area (TPSA) is 37.3 Å². The SMILES string of the molecule is O=[P+](O)c1ccc(S)cc1. The summed E-state index contributed by atoms with van der Waals surface area (Å²) in [4.78, 5) is 9.39. The Kier molecular flexibility index (Phi) is 2.44. The van der Waals surface area contributed by atoms with Crippen LogP contribution in [0.15, 0.2) is 29.2 Å². The molecule has 0 saturated heterocycles. The molecule has 1 rings (SSSR count). The predicted molar refractivity (Wildman–Crippen MR) is 43.2 cm³/mol. The first-order chi connectivity index (χ1) is 4.70. The fourth-order valence-corrected chi connectivity index (χ4v) is 1.13. The van der Waals surface area contributed by atoms with Gasteiger partial charge in [0.1, 0.15) is 0 Å². The third-order valence-electron chi connectivity index (χ3n) is 1.07. The molecule has 0 bridgehead atoms. The van der Waals surface area contributed by atoms with Crippen molar-refractivity contribution < 1.29 is 9.46 Å². The van der Waals surface area contributed by atoms with Crippen LogP contribution in [-0.4, -0.2) is 4.89 Å². The Balaban J connectivity index is 3.00. The number of thiol groups is 1. The summed E-state index contributed by atoms with van der Waals surface area (Å²) in [6.07, 6.45) is 0. The van der Waals surface area contributed by atoms with E-state index < -0.39 is 8.03 Å². The molecule has 1 unspecified atom stereocenters. The molecule has 1 atom stereocenters. The van der Waals surface area contributed by atoms with E-state index in [1.807, 2.05) is 0 Å². The van der Waals surface area contributed by atoms with Gasteiger partial charge in [-0.2, -0.15) is 4.89 Å². The Hall–Kier alpha value is -0.370. The average Bonchev–Trinajstić information content (AvgIpc) is 1.88. The Morgan fingerprint density at radius 1 is 1.30 bits per heavy atom. The molecule has 10 heavy (non-hydrogen) atoms. The molecule has 1 aromatic carbocycles. The number of benzene rings is 1. The average molecular weight is 173 g/mol. The van der Waals surface area contributed by atoms with Gasteiger partial charge in [-0.05, 0) is 28.8 Å². The van der Waals surface area contributed by atoms with Crippen LogP contribution in [0.4, 0.5) is 0 Å². The molecule has 0 aromatic heterocycles. The first kappa shape index (κ1) is 7.73. The molecule has 0 amide bonds. The fourth-order valence-electron chi connectivity index (χ4n) is 0.580. The van der Waals surface area contributed by atoms with Crippen molar-refractivity contribution in [2.45, 2.75) is 4.90 Å². The molecule has 1 N–H and O–H groups in total. The summed E-state index contributed by atoms with van der Waals surface area (Å²) < 4.78 is 10.4. The Morgan fingerprint density at radius 2 is 1.80 bits per heavy atom. The van der Waals surface area contributed by atoms with Gasteiger partial charge in [0.2, 0.25) is 5.30 Å². The Bertz CT molecular complexity index is 244. The first-order valence-electron chi connectivity index (χ1n) is 2.65. The maximum atomic E-state index is 10.4. The minimum absolute atomic E-state index is 0.438. The molecule has 52 valence electrons. The van der Waals surface area contributed by atoms with Gasteiger partial charge in [-0.1, -0.05) is 0 Å². The molecule has 0 heterocycles. The van der Waals surface area contributed by atoms with Gasteiger partial charge < -0.3 is 0 Å². The molecule has 0 aliphatic heterocycles. The second-order valence-electron chi connectivity index (χ2n) is 1.79. The number of hydrogen-bond donors (Lipinski definition) is 2. The Labute approximate surface area is 65.2 Å². The van der Waals surface area contributed by atoms with Crippen LogP contribution in [0.3, 0.4) is 0 Å². The van der Waals surface area contributed by atoms with E-state index in [0.717, 1.165) is 4.90 Å². The molecular formula is C6H6O2PS+. The highest BCUT2D eigenvalue weighted by atomic mass is 32.1. The van der Waals surface area contributed by atoms with Crippen LogP contribution in [0.5, 0.6) is 0 Å². The van der Waals surface area contributed by atoms with Crippen molar-refractivity contribution >= 4 is 26.0 Å². The zero-order valence-electron chi connectivity index (χ0n) is 5.06. The zero-order valence-corrected chi connectivity index (χ0v) is 6.85. The van der Waals surface area contributed by atoms with Gasteiger partial charge in [0, 0.05) is 4.90 Å². The fraction of sp³-hybridized carbons (Fsp3) is 0. The van der Waals surface area contributed by atoms with Crippen LogP contribution in [0, 0.1) is 0 Å². The van der Waals surface area contributed by atoms with Crippen molar-refractivity contribution in [3.63, 3.8) is 0 Å². The molecule has 0 fully saturated rings. The van der Waals surface area contributed by atoms with Crippen LogP contribution in [0.1, 0.15) is 0 Å². The van der Waals surface area contributed by atoms with Crippen LogP contribution < -0.4 is 5.30 Å². The molecule has 2 nitrogen and oxygen atoms in total. The van der Waals surface area contributed by atoms with Gasteiger partial charge in [-0.3, -0.25) is 0 Å². The van der Waals surface area contributed by atoms with Crippen molar-refractivity contribution in [3.8, 4) is 0 Å². The van der Waals surface area contributed by atoms with Crippen molar-refractivity contribution in [2.75, 3.05) is 0 Å². The minimum atomic E-state index is -2.19. The highest BCUT2D eigenvalue weighted by molar-refractivity contribution is 7.80. The van der Waals surface area contributed by atoms with Gasteiger partial charge in [-0.15, -0.1) is 12.6 Å². The molecule has 0 aliphatic carbocycles. The van der Waals surface area contributed by atoms with Gasteiger partial charge >= 0.3 is 8.03 Å². The third-order valence-corrected chi connectivity index (χ3v) is 2.11. The van der Waals surface area contributed by atoms with Gasteiger partial charge in [0.05, 0.1) is 0 Å². The van der Waals surface area contributed by atoms with E-state index in [1.165, 1.54) is 0 Å². The Morgan fingerprint density at radius 3 is 2.20 bits per heavy atom. The molecular weight excluding hydrogens is 167 g/mol. The summed E-state index contributed by atoms with van der Waals surface area (Å²) in [5.74, 6) is 0. The summed E-state index contributed by atoms with van der Waals surface area (Å²) in [6, 6.07) is 6.53. The summed E-state index contributed by atoms with van der Waals surface area (Å²) >= 11 is 4.02. The monoisotopic (exact) mass is 173 g/mol. The normalized spacial score (nSPS) is 11.2. The van der Waals surface area contributed by atoms with Crippen molar-refractivity contribution in [2.24, 2.45) is 0 Å². The molecule has 0 radical (unpaired) electrons. The quantitative estimate of drug-likeness (QED) is 0.496. The largest absolute Gasteiger partial charge is 0.546 e. The lowest BCUT2D eigenvalue weighted by Crippen LogP contribution is -1.92. The smallest absolute Gasteiger partial charge is 0.156 e. The lowest BCUT2D eigenvalue weighted by atomic mass is 10.4. The van der Waals surface area contributed by atoms with E-state index in [0.29, 0.717) is 5.30 Å². The van der Waals surface area contributed by atoms with E-state index in [-0.39, 0.29) is 0 Å². The summed E-state index contributed by atoms with van der Waals surface area (Å²) in [6.45, 7) is 0. The van der Waals surface area contributed by atoms with Crippen molar-refractivity contribution in [1.82, 2.24) is 0 Å². The van der Waals surface area contributed by atoms with E-state index in [2.05, 4.69) is 12.6 Å². The number of rotatable bonds is 1. The van der Waals surface area contributed by atoms with Gasteiger partial charge in [0.25, 0.3) is 0 Å². The molecule has 0 spiro atoms. The third kappa shape index (κ3) is 1.81. The van der Waals surface area contributed by atoms with Crippen LogP contribution in [-0.2, 0) is 4.57 Å². The van der Waals surface area contributed by atoms with Crippen LogP contribution in [0.25, 0.3) is 0 Å². The van der Waals surface area contributed by atoms with Crippen LogP contribution in [0.2, 0.25) is 0 Å². The minimum Gasteiger partial charge on any atom is -0.156 e. The summed E-state index contributed by atoms with van der Waals surface area (Å²) in [5, 5.41) is 0.438. The van der Waals surface area contributed by atoms with E-state index in [4.69, 9.17) is 4.89 Å². The molecule has 1 aromatic rings. The molecule has 4 heteroatoms. The van der Waals surface area contributed by atoms with E-state index >= 15 is 0 Å².